The van der Waals surface area contributed by atoms with Gasteiger partial charge in [0.15, 0.2) is 23.1 Å². The number of fused-ring (bicyclic) bond motifs is 1. The number of rotatable bonds is 11. The third-order valence-corrected chi connectivity index (χ3v) is 3.50. The minimum absolute atomic E-state index is 0.0615. The summed E-state index contributed by atoms with van der Waals surface area (Å²) in [6.45, 7) is 5.08. The number of esters is 3. The number of anilines is 1. The Labute approximate surface area is 177 Å². The largest absolute Gasteiger partial charge is 0.464 e. The minimum Gasteiger partial charge on any atom is -0.464 e. The zero-order chi connectivity index (χ0) is 22.6. The van der Waals surface area contributed by atoms with Crippen molar-refractivity contribution in [1.29, 1.82) is 0 Å². The van der Waals surface area contributed by atoms with E-state index in [2.05, 4.69) is 31.1 Å². The van der Waals surface area contributed by atoms with Crippen LogP contribution in [0.15, 0.2) is 35.3 Å². The maximum atomic E-state index is 12.2. The molecule has 1 atom stereocenters. The van der Waals surface area contributed by atoms with E-state index in [0.29, 0.717) is 11.5 Å². The summed E-state index contributed by atoms with van der Waals surface area (Å²) in [5.41, 5.74) is 2.81. The summed E-state index contributed by atoms with van der Waals surface area (Å²) >= 11 is 0. The van der Waals surface area contributed by atoms with Crippen LogP contribution in [0.5, 0.6) is 0 Å². The topological polar surface area (TPSA) is 158 Å². The maximum absolute atomic E-state index is 12.2. The Balaban J connectivity index is 2.16. The van der Waals surface area contributed by atoms with Gasteiger partial charge in [0.25, 0.3) is 0 Å². The highest BCUT2D eigenvalue weighted by molar-refractivity contribution is 6.14. The molecule has 0 aliphatic carbocycles. The van der Waals surface area contributed by atoms with E-state index in [4.69, 9.17) is 14.2 Å². The van der Waals surface area contributed by atoms with Gasteiger partial charge in [-0.25, -0.2) is 14.4 Å². The summed E-state index contributed by atoms with van der Waals surface area (Å²) in [6, 6.07) is 2.17. The Morgan fingerprint density at radius 3 is 2.42 bits per heavy atom. The second kappa shape index (κ2) is 11.8. The second-order valence-corrected chi connectivity index (χ2v) is 5.64. The summed E-state index contributed by atoms with van der Waals surface area (Å²) in [5.74, 6) is -2.10. The smallest absolute Gasteiger partial charge is 0.347 e. The number of hydrogen-bond acceptors (Lipinski definition) is 12. The molecule has 0 saturated heterocycles. The van der Waals surface area contributed by atoms with Gasteiger partial charge in [0.05, 0.1) is 26.0 Å². The number of aromatic nitrogens is 4. The van der Waals surface area contributed by atoms with E-state index in [1.54, 1.807) is 32.9 Å². The number of ether oxygens (including phenoxy) is 3. The van der Waals surface area contributed by atoms with Crippen molar-refractivity contribution in [2.45, 2.75) is 26.8 Å². The van der Waals surface area contributed by atoms with Crippen molar-refractivity contribution < 1.29 is 28.6 Å². The van der Waals surface area contributed by atoms with Crippen molar-refractivity contribution >= 4 is 35.6 Å². The molecule has 0 saturated carbocycles. The summed E-state index contributed by atoms with van der Waals surface area (Å²) in [5, 5.41) is 18.3. The van der Waals surface area contributed by atoms with Crippen molar-refractivity contribution in [3.63, 3.8) is 0 Å². The molecule has 2 rings (SSSR count). The summed E-state index contributed by atoms with van der Waals surface area (Å²) < 4.78 is 16.1. The van der Waals surface area contributed by atoms with Crippen molar-refractivity contribution in [2.24, 2.45) is 5.10 Å². The van der Waals surface area contributed by atoms with Crippen LogP contribution >= 0.6 is 0 Å². The van der Waals surface area contributed by atoms with E-state index in [-0.39, 0.29) is 19.8 Å². The molecule has 13 heteroatoms. The molecule has 2 aromatic heterocycles. The lowest BCUT2D eigenvalue weighted by Crippen LogP contribution is -2.37. The molecule has 0 aromatic carbocycles. The summed E-state index contributed by atoms with van der Waals surface area (Å²) in [4.78, 5) is 36.3. The Morgan fingerprint density at radius 1 is 1.10 bits per heavy atom. The molecule has 0 aliphatic heterocycles. The first-order chi connectivity index (χ1) is 15.0. The van der Waals surface area contributed by atoms with Gasteiger partial charge < -0.3 is 19.5 Å². The summed E-state index contributed by atoms with van der Waals surface area (Å²) in [7, 11) is 0. The molecule has 2 N–H and O–H groups in total. The molecule has 0 amide bonds. The average Bonchev–Trinajstić information content (AvgIpc) is 3.21. The van der Waals surface area contributed by atoms with E-state index in [1.165, 1.54) is 17.1 Å². The predicted molar refractivity (Wildman–Crippen MR) is 108 cm³/mol. The number of nitrogens with zero attached hydrogens (tertiary/aromatic N) is 5. The van der Waals surface area contributed by atoms with E-state index in [1.807, 2.05) is 0 Å². The fourth-order valence-electron chi connectivity index (χ4n) is 2.16. The maximum Gasteiger partial charge on any atom is 0.347 e. The Hall–Kier alpha value is -4.03. The number of carbonyl (C=O) groups excluding carboxylic acids is 3. The van der Waals surface area contributed by atoms with Crippen LogP contribution in [0.1, 0.15) is 20.8 Å². The third kappa shape index (κ3) is 6.76. The van der Waals surface area contributed by atoms with E-state index >= 15 is 0 Å². The molecule has 2 aromatic rings. The van der Waals surface area contributed by atoms with Crippen LogP contribution in [0, 0.1) is 0 Å². The lowest BCUT2D eigenvalue weighted by molar-refractivity contribution is -0.147. The van der Waals surface area contributed by atoms with Crippen LogP contribution in [0.25, 0.3) is 5.65 Å². The van der Waals surface area contributed by atoms with Crippen LogP contribution in [0.4, 0.5) is 5.82 Å². The number of carbonyl (C=O) groups is 3. The van der Waals surface area contributed by atoms with Gasteiger partial charge in [0.2, 0.25) is 0 Å². The molecular weight excluding hydrogens is 410 g/mol. The van der Waals surface area contributed by atoms with Crippen LogP contribution in [0.2, 0.25) is 0 Å². The van der Waals surface area contributed by atoms with E-state index < -0.39 is 29.5 Å². The van der Waals surface area contributed by atoms with Gasteiger partial charge >= 0.3 is 17.9 Å². The highest BCUT2D eigenvalue weighted by Crippen LogP contribution is 2.05. The molecule has 1 unspecified atom stereocenters. The summed E-state index contributed by atoms with van der Waals surface area (Å²) in [6.07, 6.45) is 3.65. The first kappa shape index (κ1) is 23.3. The van der Waals surface area contributed by atoms with E-state index in [0.717, 1.165) is 6.20 Å². The molecular formula is C18H23N7O6. The number of nitrogens with one attached hydrogen (secondary N) is 2. The predicted octanol–water partition coefficient (Wildman–Crippen LogP) is 0.0534. The monoisotopic (exact) mass is 433 g/mol. The van der Waals surface area contributed by atoms with Gasteiger partial charge in [-0.3, -0.25) is 5.43 Å². The van der Waals surface area contributed by atoms with Gasteiger partial charge in [0, 0.05) is 6.20 Å². The van der Waals surface area contributed by atoms with Crippen molar-refractivity contribution in [3.05, 3.63) is 30.2 Å². The molecule has 31 heavy (non-hydrogen) atoms. The zero-order valence-electron chi connectivity index (χ0n) is 17.3. The quantitative estimate of drug-likeness (QED) is 0.0938. The molecule has 0 spiro atoms. The third-order valence-electron chi connectivity index (χ3n) is 3.50. The van der Waals surface area contributed by atoms with Crippen LogP contribution in [-0.4, -0.2) is 69.8 Å². The molecule has 166 valence electrons. The van der Waals surface area contributed by atoms with Crippen LogP contribution in [-0.2, 0) is 28.6 Å². The molecule has 13 nitrogen and oxygen atoms in total. The fraction of sp³-hybridized carbons (Fsp3) is 0.389. The number of hydrazone groups is 1. The molecule has 0 bridgehead atoms. The Morgan fingerprint density at radius 2 is 1.77 bits per heavy atom. The van der Waals surface area contributed by atoms with Crippen molar-refractivity contribution in [2.75, 3.05) is 25.2 Å². The van der Waals surface area contributed by atoms with Gasteiger partial charge in [-0.05, 0) is 32.9 Å². The number of hydrogen-bond donors (Lipinski definition) is 2. The van der Waals surface area contributed by atoms with Crippen molar-refractivity contribution in [1.82, 2.24) is 25.1 Å². The van der Waals surface area contributed by atoms with Crippen LogP contribution < -0.4 is 10.7 Å². The standard InChI is InChI=1S/C18H23N7O6/c1-4-29-16(26)12(17(27)30-5-2)9-19-13(18(28)31-6-3)10-20-22-14-7-8-15-23-21-11-25(15)24-14/h7-11,13,19H,4-6H2,1-3H3,(H,22,24)/b20-10+. The first-order valence-corrected chi connectivity index (χ1v) is 9.43. The second-order valence-electron chi connectivity index (χ2n) is 5.64. The highest BCUT2D eigenvalue weighted by Gasteiger charge is 2.23. The Kier molecular flexibility index (Phi) is 8.89. The molecule has 2 heterocycles. The fourth-order valence-corrected chi connectivity index (χ4v) is 2.16. The lowest BCUT2D eigenvalue weighted by atomic mass is 10.2. The van der Waals surface area contributed by atoms with Gasteiger partial charge in [0.1, 0.15) is 6.33 Å². The Bertz CT molecular complexity index is 951. The normalized spacial score (nSPS) is 11.6. The van der Waals surface area contributed by atoms with E-state index in [9.17, 15) is 14.4 Å². The van der Waals surface area contributed by atoms with Crippen LogP contribution in [0.3, 0.4) is 0 Å². The lowest BCUT2D eigenvalue weighted by Gasteiger charge is -2.13. The van der Waals surface area contributed by atoms with Crippen molar-refractivity contribution in [3.8, 4) is 0 Å². The highest BCUT2D eigenvalue weighted by atomic mass is 16.6. The molecule has 0 aliphatic rings. The molecule has 0 fully saturated rings. The zero-order valence-corrected chi connectivity index (χ0v) is 17.3. The molecule has 0 radical (unpaired) electrons. The first-order valence-electron chi connectivity index (χ1n) is 9.43. The SMILES string of the molecule is CCOC(=O)C(=CNC(/C=N/Nc1ccc2nncn2n1)C(=O)OCC)C(=O)OCC. The minimum atomic E-state index is -1.12. The van der Waals surface area contributed by atoms with Gasteiger partial charge in [-0.1, -0.05) is 0 Å². The van der Waals surface area contributed by atoms with Gasteiger partial charge in [-0.15, -0.1) is 15.3 Å². The van der Waals surface area contributed by atoms with Gasteiger partial charge in [-0.2, -0.15) is 9.62 Å². The average molecular weight is 433 g/mol.